The first-order chi connectivity index (χ1) is 12.3. The molecule has 0 radical (unpaired) electrons. The van der Waals surface area contributed by atoms with E-state index in [4.69, 9.17) is 11.6 Å². The van der Waals surface area contributed by atoms with Crippen molar-refractivity contribution in [2.75, 3.05) is 11.9 Å². The first-order valence-corrected chi connectivity index (χ1v) is 9.68. The summed E-state index contributed by atoms with van der Waals surface area (Å²) in [6.07, 6.45) is 5.69. The molecule has 5 rings (SSSR count). The SMILES string of the molecule is Cc1ccc(F)cc1NC(=O)CNC(=O)C12C[C@@H]3C[C@@H](CC(Cl)(C3)C1)C2. The third-order valence-corrected chi connectivity index (χ3v) is 6.80. The van der Waals surface area contributed by atoms with Crippen LogP contribution in [0.1, 0.15) is 44.1 Å². The van der Waals surface area contributed by atoms with Crippen LogP contribution in [0.5, 0.6) is 0 Å². The van der Waals surface area contributed by atoms with E-state index in [9.17, 15) is 14.0 Å². The molecule has 4 aliphatic carbocycles. The fourth-order valence-electron chi connectivity index (χ4n) is 5.69. The average molecular weight is 379 g/mol. The molecular weight excluding hydrogens is 355 g/mol. The lowest BCUT2D eigenvalue weighted by molar-refractivity contribution is -0.145. The number of carbonyl (C=O) groups excluding carboxylic acids is 2. The van der Waals surface area contributed by atoms with Gasteiger partial charge < -0.3 is 10.6 Å². The van der Waals surface area contributed by atoms with Crippen LogP contribution in [-0.4, -0.2) is 23.2 Å². The van der Waals surface area contributed by atoms with Crippen molar-refractivity contribution >= 4 is 29.1 Å². The van der Waals surface area contributed by atoms with E-state index in [0.29, 0.717) is 23.9 Å². The number of alkyl halides is 1. The van der Waals surface area contributed by atoms with E-state index < -0.39 is 11.2 Å². The minimum absolute atomic E-state index is 0.0530. The molecule has 0 spiro atoms. The number of carbonyl (C=O) groups is 2. The second-order valence-corrected chi connectivity index (χ2v) is 9.38. The molecule has 0 heterocycles. The van der Waals surface area contributed by atoms with Crippen LogP contribution in [0.15, 0.2) is 18.2 Å². The van der Waals surface area contributed by atoms with E-state index >= 15 is 0 Å². The highest BCUT2D eigenvalue weighted by Crippen LogP contribution is 2.63. The molecular formula is C20H24ClFN2O2. The molecule has 4 fully saturated rings. The van der Waals surface area contributed by atoms with Gasteiger partial charge in [0, 0.05) is 10.6 Å². The first kappa shape index (κ1) is 17.8. The summed E-state index contributed by atoms with van der Waals surface area (Å²) < 4.78 is 13.3. The number of rotatable bonds is 4. The van der Waals surface area contributed by atoms with Crippen LogP contribution < -0.4 is 10.6 Å². The van der Waals surface area contributed by atoms with Gasteiger partial charge in [-0.3, -0.25) is 9.59 Å². The minimum atomic E-state index is -0.416. The zero-order chi connectivity index (χ0) is 18.5. The Labute approximate surface area is 157 Å². The van der Waals surface area contributed by atoms with Crippen molar-refractivity contribution in [3.8, 4) is 0 Å². The fourth-order valence-corrected chi connectivity index (χ4v) is 6.38. The lowest BCUT2D eigenvalue weighted by Gasteiger charge is -2.59. The molecule has 140 valence electrons. The Morgan fingerprint density at radius 1 is 1.23 bits per heavy atom. The lowest BCUT2D eigenvalue weighted by atomic mass is 9.49. The van der Waals surface area contributed by atoms with Crippen molar-refractivity contribution < 1.29 is 14.0 Å². The predicted octanol–water partition coefficient (Wildman–Crippen LogP) is 3.77. The Kier molecular flexibility index (Phi) is 4.25. The van der Waals surface area contributed by atoms with Gasteiger partial charge in [-0.15, -0.1) is 11.6 Å². The molecule has 2 N–H and O–H groups in total. The Balaban J connectivity index is 1.38. The van der Waals surface area contributed by atoms with E-state index in [-0.39, 0.29) is 23.2 Å². The van der Waals surface area contributed by atoms with Gasteiger partial charge in [0.15, 0.2) is 0 Å². The number of halogens is 2. The van der Waals surface area contributed by atoms with Crippen molar-refractivity contribution in [2.45, 2.75) is 50.3 Å². The molecule has 26 heavy (non-hydrogen) atoms. The minimum Gasteiger partial charge on any atom is -0.347 e. The third-order valence-electron chi connectivity index (χ3n) is 6.35. The number of aryl methyl sites for hydroxylation is 1. The van der Waals surface area contributed by atoms with Gasteiger partial charge in [-0.1, -0.05) is 6.07 Å². The van der Waals surface area contributed by atoms with Crippen LogP contribution in [0, 0.1) is 30.0 Å². The van der Waals surface area contributed by atoms with Crippen molar-refractivity contribution in [3.63, 3.8) is 0 Å². The van der Waals surface area contributed by atoms with Crippen molar-refractivity contribution in [1.29, 1.82) is 0 Å². The van der Waals surface area contributed by atoms with Crippen LogP contribution in [0.3, 0.4) is 0 Å². The van der Waals surface area contributed by atoms with E-state index in [1.165, 1.54) is 18.6 Å². The van der Waals surface area contributed by atoms with Gasteiger partial charge in [-0.2, -0.15) is 0 Å². The number of amides is 2. The zero-order valence-corrected chi connectivity index (χ0v) is 15.7. The van der Waals surface area contributed by atoms with E-state index in [2.05, 4.69) is 10.6 Å². The largest absolute Gasteiger partial charge is 0.347 e. The highest BCUT2D eigenvalue weighted by atomic mass is 35.5. The summed E-state index contributed by atoms with van der Waals surface area (Å²) in [5.74, 6) is 0.252. The molecule has 2 unspecified atom stereocenters. The molecule has 2 amide bonds. The number of anilines is 1. The summed E-state index contributed by atoms with van der Waals surface area (Å²) in [6, 6.07) is 4.24. The third kappa shape index (κ3) is 3.22. The molecule has 6 heteroatoms. The number of hydrogen-bond acceptors (Lipinski definition) is 2. The smallest absolute Gasteiger partial charge is 0.243 e. The molecule has 1 aromatic rings. The summed E-state index contributed by atoms with van der Waals surface area (Å²) in [6.45, 7) is 1.68. The average Bonchev–Trinajstić information content (AvgIpc) is 2.53. The number of hydrogen-bond donors (Lipinski definition) is 2. The van der Waals surface area contributed by atoms with Crippen LogP contribution in [0.4, 0.5) is 10.1 Å². The monoisotopic (exact) mass is 378 g/mol. The van der Waals surface area contributed by atoms with Crippen LogP contribution >= 0.6 is 11.6 Å². The highest BCUT2D eigenvalue weighted by Gasteiger charge is 2.60. The van der Waals surface area contributed by atoms with Crippen LogP contribution in [0.2, 0.25) is 0 Å². The molecule has 1 aromatic carbocycles. The summed E-state index contributed by atoms with van der Waals surface area (Å²) in [5, 5.41) is 5.48. The standard InChI is InChI=1S/C20H24ClFN2O2/c1-12-2-3-15(22)5-16(12)24-17(25)10-23-18(26)19-6-13-4-14(7-19)9-20(21,8-13)11-19/h2-3,5,13-14H,4,6-11H2,1H3,(H,23,26)(H,24,25)/t13-,14+,19?,20?. The second-order valence-electron chi connectivity index (χ2n) is 8.58. The second kappa shape index (κ2) is 6.22. The van der Waals surface area contributed by atoms with Gasteiger partial charge in [0.2, 0.25) is 11.8 Å². The maximum atomic E-state index is 13.3. The normalized spacial score (nSPS) is 34.6. The lowest BCUT2D eigenvalue weighted by Crippen LogP contribution is -2.58. The zero-order valence-electron chi connectivity index (χ0n) is 14.9. The van der Waals surface area contributed by atoms with Crippen molar-refractivity contribution in [2.24, 2.45) is 17.3 Å². The van der Waals surface area contributed by atoms with Gasteiger partial charge >= 0.3 is 0 Å². The van der Waals surface area contributed by atoms with E-state index in [1.54, 1.807) is 13.0 Å². The molecule has 4 bridgehead atoms. The quantitative estimate of drug-likeness (QED) is 0.783. The summed E-state index contributed by atoms with van der Waals surface area (Å²) in [4.78, 5) is 24.9. The molecule has 0 aromatic heterocycles. The first-order valence-electron chi connectivity index (χ1n) is 9.30. The van der Waals surface area contributed by atoms with E-state index in [0.717, 1.165) is 31.2 Å². The Bertz CT molecular complexity index is 752. The maximum absolute atomic E-state index is 13.3. The molecule has 0 saturated heterocycles. The predicted molar refractivity (Wildman–Crippen MR) is 98.5 cm³/mol. The Morgan fingerprint density at radius 2 is 1.92 bits per heavy atom. The molecule has 4 saturated carbocycles. The molecule has 4 atom stereocenters. The van der Waals surface area contributed by atoms with Crippen molar-refractivity contribution in [3.05, 3.63) is 29.6 Å². The highest BCUT2D eigenvalue weighted by molar-refractivity contribution is 6.24. The van der Waals surface area contributed by atoms with Crippen molar-refractivity contribution in [1.82, 2.24) is 5.32 Å². The van der Waals surface area contributed by atoms with E-state index in [1.807, 2.05) is 0 Å². The van der Waals surface area contributed by atoms with Crippen LogP contribution in [-0.2, 0) is 9.59 Å². The molecule has 4 aliphatic rings. The number of benzene rings is 1. The summed E-state index contributed by atoms with van der Waals surface area (Å²) in [7, 11) is 0. The van der Waals surface area contributed by atoms with Crippen LogP contribution in [0.25, 0.3) is 0 Å². The maximum Gasteiger partial charge on any atom is 0.243 e. The van der Waals surface area contributed by atoms with Gasteiger partial charge in [0.25, 0.3) is 0 Å². The fraction of sp³-hybridized carbons (Fsp3) is 0.600. The Hall–Kier alpha value is -1.62. The molecule has 4 nitrogen and oxygen atoms in total. The van der Waals surface area contributed by atoms with Gasteiger partial charge in [0.1, 0.15) is 5.82 Å². The van der Waals surface area contributed by atoms with Gasteiger partial charge in [-0.05, 0) is 75.0 Å². The summed E-state index contributed by atoms with van der Waals surface area (Å²) >= 11 is 6.77. The number of nitrogens with one attached hydrogen (secondary N) is 2. The summed E-state index contributed by atoms with van der Waals surface area (Å²) in [5.41, 5.74) is 0.788. The van der Waals surface area contributed by atoms with Gasteiger partial charge in [-0.25, -0.2) is 4.39 Å². The molecule has 0 aliphatic heterocycles. The van der Waals surface area contributed by atoms with Gasteiger partial charge in [0.05, 0.1) is 12.0 Å². The topological polar surface area (TPSA) is 58.2 Å². The Morgan fingerprint density at radius 3 is 2.58 bits per heavy atom.